The van der Waals surface area contributed by atoms with E-state index in [-0.39, 0.29) is 0 Å². The van der Waals surface area contributed by atoms with Crippen molar-refractivity contribution in [2.75, 3.05) is 7.11 Å². The van der Waals surface area contributed by atoms with E-state index < -0.39 is 18.0 Å². The third-order valence-electron chi connectivity index (χ3n) is 2.23. The quantitative estimate of drug-likeness (QED) is 0.537. The molecular weight excluding hydrogens is 220 g/mol. The number of nitrogens with one attached hydrogen (secondary N) is 2. The van der Waals surface area contributed by atoms with Gasteiger partial charge in [0.2, 0.25) is 0 Å². The summed E-state index contributed by atoms with van der Waals surface area (Å²) in [6, 6.07) is 5.82. The van der Waals surface area contributed by atoms with Gasteiger partial charge in [-0.05, 0) is 24.3 Å². The van der Waals surface area contributed by atoms with E-state index >= 15 is 0 Å². The fraction of sp³-hybridized carbons (Fsp3) is 0.167. The van der Waals surface area contributed by atoms with Crippen LogP contribution in [-0.4, -0.2) is 25.1 Å². The molecule has 5 heteroatoms. The molecule has 0 spiro atoms. The number of imide groups is 1. The Bertz CT molecular complexity index is 511. The van der Waals surface area contributed by atoms with E-state index in [2.05, 4.69) is 22.5 Å². The molecule has 17 heavy (non-hydrogen) atoms. The van der Waals surface area contributed by atoms with Gasteiger partial charge < -0.3 is 10.1 Å². The first-order valence-electron chi connectivity index (χ1n) is 4.96. The highest BCUT2D eigenvalue weighted by Gasteiger charge is 2.27. The number of benzene rings is 1. The van der Waals surface area contributed by atoms with Gasteiger partial charge in [-0.2, -0.15) is 0 Å². The Labute approximate surface area is 98.2 Å². The van der Waals surface area contributed by atoms with Crippen LogP contribution in [0.5, 0.6) is 5.75 Å². The molecular formula is C12H10N2O3. The highest BCUT2D eigenvalue weighted by atomic mass is 16.5. The standard InChI is InChI=1S/C12H10N2O3/c1-17-9-5-2-8(3-6-9)4-7-10-11(15)14-12(16)13-10/h2-3,5-6,10H,1H3,(H2,13,14,15,16). The molecule has 3 amide bonds. The number of hydrogen-bond acceptors (Lipinski definition) is 3. The SMILES string of the molecule is COc1ccc(C#CC2NC(=O)NC2=O)cc1. The van der Waals surface area contributed by atoms with Crippen LogP contribution in [0.15, 0.2) is 24.3 Å². The summed E-state index contributed by atoms with van der Waals surface area (Å²) in [5, 5.41) is 4.51. The summed E-state index contributed by atoms with van der Waals surface area (Å²) in [6.45, 7) is 0. The minimum Gasteiger partial charge on any atom is -0.497 e. The van der Waals surface area contributed by atoms with Crippen LogP contribution in [0.25, 0.3) is 0 Å². The van der Waals surface area contributed by atoms with Gasteiger partial charge in [-0.3, -0.25) is 10.1 Å². The Morgan fingerprint density at radius 1 is 1.24 bits per heavy atom. The van der Waals surface area contributed by atoms with Crippen LogP contribution in [0.3, 0.4) is 0 Å². The number of carbonyl (C=O) groups excluding carboxylic acids is 2. The predicted molar refractivity (Wildman–Crippen MR) is 60.3 cm³/mol. The summed E-state index contributed by atoms with van der Waals surface area (Å²) in [7, 11) is 1.58. The second-order valence-electron chi connectivity index (χ2n) is 3.39. The predicted octanol–water partition coefficient (Wildman–Crippen LogP) is 0.255. The van der Waals surface area contributed by atoms with Gasteiger partial charge in [-0.1, -0.05) is 11.8 Å². The zero-order chi connectivity index (χ0) is 12.3. The van der Waals surface area contributed by atoms with Gasteiger partial charge in [0, 0.05) is 5.56 Å². The lowest BCUT2D eigenvalue weighted by Crippen LogP contribution is -2.26. The molecule has 0 saturated carbocycles. The third-order valence-corrected chi connectivity index (χ3v) is 2.23. The van der Waals surface area contributed by atoms with Crippen molar-refractivity contribution < 1.29 is 14.3 Å². The first kappa shape index (κ1) is 11.0. The topological polar surface area (TPSA) is 67.4 Å². The molecule has 1 unspecified atom stereocenters. The van der Waals surface area contributed by atoms with E-state index in [0.29, 0.717) is 0 Å². The van der Waals surface area contributed by atoms with Crippen molar-refractivity contribution in [2.24, 2.45) is 0 Å². The van der Waals surface area contributed by atoms with Gasteiger partial charge in [0.25, 0.3) is 5.91 Å². The van der Waals surface area contributed by atoms with Crippen LogP contribution in [0.1, 0.15) is 5.56 Å². The van der Waals surface area contributed by atoms with Crippen molar-refractivity contribution in [2.45, 2.75) is 6.04 Å². The first-order valence-corrected chi connectivity index (χ1v) is 4.96. The fourth-order valence-electron chi connectivity index (χ4n) is 1.35. The van der Waals surface area contributed by atoms with Crippen LogP contribution in [0.2, 0.25) is 0 Å². The van der Waals surface area contributed by atoms with Crippen molar-refractivity contribution in [1.82, 2.24) is 10.6 Å². The Kier molecular flexibility index (Phi) is 2.97. The Balaban J connectivity index is 2.10. The molecule has 1 aliphatic rings. The Hall–Kier alpha value is -2.48. The summed E-state index contributed by atoms with van der Waals surface area (Å²) in [4.78, 5) is 22.0. The van der Waals surface area contributed by atoms with E-state index in [1.54, 1.807) is 31.4 Å². The number of rotatable bonds is 1. The zero-order valence-corrected chi connectivity index (χ0v) is 9.11. The van der Waals surface area contributed by atoms with E-state index in [0.717, 1.165) is 11.3 Å². The molecule has 2 N–H and O–H groups in total. The van der Waals surface area contributed by atoms with Crippen LogP contribution in [-0.2, 0) is 4.79 Å². The van der Waals surface area contributed by atoms with Gasteiger partial charge in [0.15, 0.2) is 6.04 Å². The van der Waals surface area contributed by atoms with Gasteiger partial charge in [0.1, 0.15) is 5.75 Å². The van der Waals surface area contributed by atoms with E-state index in [1.165, 1.54) is 0 Å². The zero-order valence-electron chi connectivity index (χ0n) is 9.11. The summed E-state index contributed by atoms with van der Waals surface area (Å²) in [6.07, 6.45) is 0. The molecule has 1 fully saturated rings. The smallest absolute Gasteiger partial charge is 0.322 e. The van der Waals surface area contributed by atoms with Crippen LogP contribution >= 0.6 is 0 Å². The van der Waals surface area contributed by atoms with Gasteiger partial charge in [-0.25, -0.2) is 4.79 Å². The first-order chi connectivity index (χ1) is 8.19. The van der Waals surface area contributed by atoms with Crippen LogP contribution in [0.4, 0.5) is 4.79 Å². The maximum absolute atomic E-state index is 11.2. The lowest BCUT2D eigenvalue weighted by molar-refractivity contribution is -0.119. The molecule has 1 atom stereocenters. The Morgan fingerprint density at radius 3 is 2.47 bits per heavy atom. The molecule has 1 aliphatic heterocycles. The average molecular weight is 230 g/mol. The average Bonchev–Trinajstić information content (AvgIpc) is 2.66. The van der Waals surface area contributed by atoms with Crippen LogP contribution < -0.4 is 15.4 Å². The number of methoxy groups -OCH3 is 1. The van der Waals surface area contributed by atoms with Crippen molar-refractivity contribution in [3.05, 3.63) is 29.8 Å². The minimum absolute atomic E-state index is 0.420. The fourth-order valence-corrected chi connectivity index (χ4v) is 1.35. The summed E-state index contributed by atoms with van der Waals surface area (Å²) < 4.78 is 5.01. The number of hydrogen-bond donors (Lipinski definition) is 2. The van der Waals surface area contributed by atoms with Crippen molar-refractivity contribution in [1.29, 1.82) is 0 Å². The minimum atomic E-state index is -0.774. The molecule has 0 bridgehead atoms. The maximum Gasteiger partial charge on any atom is 0.322 e. The highest BCUT2D eigenvalue weighted by Crippen LogP contribution is 2.10. The molecule has 0 aliphatic carbocycles. The van der Waals surface area contributed by atoms with Crippen molar-refractivity contribution in [3.63, 3.8) is 0 Å². The van der Waals surface area contributed by atoms with Crippen LogP contribution in [0, 0.1) is 11.8 Å². The normalized spacial score (nSPS) is 17.8. The molecule has 5 nitrogen and oxygen atoms in total. The van der Waals surface area contributed by atoms with E-state index in [4.69, 9.17) is 4.74 Å². The number of amides is 3. The molecule has 0 aromatic heterocycles. The van der Waals surface area contributed by atoms with Gasteiger partial charge in [0.05, 0.1) is 7.11 Å². The highest BCUT2D eigenvalue weighted by molar-refractivity contribution is 6.05. The number of ether oxygens (including phenoxy) is 1. The van der Waals surface area contributed by atoms with E-state index in [1.807, 2.05) is 0 Å². The number of carbonyl (C=O) groups is 2. The summed E-state index contributed by atoms with van der Waals surface area (Å²) in [5.41, 5.74) is 0.750. The number of urea groups is 1. The van der Waals surface area contributed by atoms with Gasteiger partial charge >= 0.3 is 6.03 Å². The molecule has 2 rings (SSSR count). The third kappa shape index (κ3) is 2.55. The van der Waals surface area contributed by atoms with Gasteiger partial charge in [-0.15, -0.1) is 0 Å². The maximum atomic E-state index is 11.2. The second kappa shape index (κ2) is 4.58. The monoisotopic (exact) mass is 230 g/mol. The summed E-state index contributed by atoms with van der Waals surface area (Å²) >= 11 is 0. The molecule has 1 aromatic carbocycles. The largest absolute Gasteiger partial charge is 0.497 e. The van der Waals surface area contributed by atoms with Crippen molar-refractivity contribution >= 4 is 11.9 Å². The second-order valence-corrected chi connectivity index (χ2v) is 3.39. The molecule has 1 heterocycles. The molecule has 0 radical (unpaired) electrons. The summed E-state index contributed by atoms with van der Waals surface area (Å²) in [5.74, 6) is 5.81. The van der Waals surface area contributed by atoms with Crippen molar-refractivity contribution in [3.8, 4) is 17.6 Å². The lowest BCUT2D eigenvalue weighted by Gasteiger charge is -1.98. The molecule has 1 saturated heterocycles. The molecule has 86 valence electrons. The van der Waals surface area contributed by atoms with E-state index in [9.17, 15) is 9.59 Å². The molecule has 1 aromatic rings. The lowest BCUT2D eigenvalue weighted by atomic mass is 10.2. The Morgan fingerprint density at radius 2 is 1.94 bits per heavy atom.